The van der Waals surface area contributed by atoms with Crippen molar-refractivity contribution in [3.05, 3.63) is 17.2 Å². The van der Waals surface area contributed by atoms with Gasteiger partial charge in [0, 0.05) is 6.42 Å². The van der Waals surface area contributed by atoms with Gasteiger partial charge in [-0.3, -0.25) is 19.2 Å². The van der Waals surface area contributed by atoms with Gasteiger partial charge < -0.3 is 25.4 Å². The summed E-state index contributed by atoms with van der Waals surface area (Å²) in [6, 6.07) is 0. The second-order valence-corrected chi connectivity index (χ2v) is 5.56. The Balaban J connectivity index is 3.42. The Hall–Kier alpha value is -2.91. The van der Waals surface area contributed by atoms with Gasteiger partial charge in [-0.15, -0.1) is 0 Å². The Morgan fingerprint density at radius 3 is 1.92 bits per heavy atom. The van der Waals surface area contributed by atoms with Crippen LogP contribution in [0.15, 0.2) is 0 Å². The topological polar surface area (TPSA) is 178 Å². The van der Waals surface area contributed by atoms with Crippen LogP contribution in [0, 0.1) is 0 Å². The van der Waals surface area contributed by atoms with E-state index in [1.807, 2.05) is 6.92 Å². The first kappa shape index (κ1) is 20.1. The summed E-state index contributed by atoms with van der Waals surface area (Å²) in [5, 5.41) is 36.5. The lowest BCUT2D eigenvalue weighted by molar-refractivity contribution is -0.146. The van der Waals surface area contributed by atoms with Crippen LogP contribution in [-0.4, -0.2) is 54.3 Å². The van der Waals surface area contributed by atoms with Gasteiger partial charge in [-0.1, -0.05) is 13.3 Å². The highest BCUT2D eigenvalue weighted by molar-refractivity contribution is 5.85. The molecule has 0 radical (unpaired) electrons. The molecule has 0 bridgehead atoms. The van der Waals surface area contributed by atoms with Crippen molar-refractivity contribution < 1.29 is 39.6 Å². The third kappa shape index (κ3) is 5.59. The molecule has 0 spiro atoms. The zero-order chi connectivity index (χ0) is 19.1. The number of hydrogen-bond donors (Lipinski definition) is 5. The van der Waals surface area contributed by atoms with Crippen LogP contribution in [0.2, 0.25) is 0 Å². The fourth-order valence-electron chi connectivity index (χ4n) is 2.41. The fraction of sp³-hybridized carbons (Fsp3) is 0.533. The number of nitrogens with one attached hydrogen (secondary N) is 1. The Morgan fingerprint density at radius 1 is 0.960 bits per heavy atom. The number of nitrogens with zero attached hydrogens (tertiary/aromatic N) is 1. The molecule has 1 aromatic rings. The minimum atomic E-state index is -1.57. The minimum absolute atomic E-state index is 0.172. The first-order valence-corrected chi connectivity index (χ1v) is 7.65. The van der Waals surface area contributed by atoms with Crippen molar-refractivity contribution in [2.24, 2.45) is 0 Å². The molecule has 10 heteroatoms. The lowest BCUT2D eigenvalue weighted by atomic mass is 9.92. The fourth-order valence-corrected chi connectivity index (χ4v) is 2.41. The molecule has 2 atom stereocenters. The lowest BCUT2D eigenvalue weighted by Crippen LogP contribution is -2.22. The summed E-state index contributed by atoms with van der Waals surface area (Å²) in [6.45, 7) is 1.92. The molecule has 0 aliphatic carbocycles. The maximum Gasteiger partial charge on any atom is 0.313 e. The number of rotatable bonds is 11. The van der Waals surface area contributed by atoms with Crippen molar-refractivity contribution in [3.63, 3.8) is 0 Å². The number of imidazole rings is 1. The van der Waals surface area contributed by atoms with E-state index in [0.29, 0.717) is 18.7 Å². The molecule has 5 N–H and O–H groups in total. The standard InChI is InChI=1S/C15H20N2O8/c1-2-3-4-9-16-12(7(14(22)23)5-10(18)19)13(17-9)8(15(24)25)6-11(20)21/h7-8H,2-6H2,1H3,(H,16,17)(H,18,19)(H,20,21)(H,22,23)(H,24,25). The average molecular weight is 356 g/mol. The first-order valence-electron chi connectivity index (χ1n) is 7.65. The van der Waals surface area contributed by atoms with Gasteiger partial charge in [-0.2, -0.15) is 0 Å². The number of aliphatic carboxylic acids is 4. The van der Waals surface area contributed by atoms with Gasteiger partial charge in [0.15, 0.2) is 0 Å². The predicted molar refractivity (Wildman–Crippen MR) is 82.5 cm³/mol. The summed E-state index contributed by atoms with van der Waals surface area (Å²) in [5.74, 6) is -8.53. The second-order valence-electron chi connectivity index (χ2n) is 5.56. The van der Waals surface area contributed by atoms with Crippen molar-refractivity contribution in [2.75, 3.05) is 0 Å². The SMILES string of the molecule is CCCCc1nc(C(CC(=O)O)C(=O)O)c(C(CC(=O)O)C(=O)O)[nH]1. The van der Waals surface area contributed by atoms with Gasteiger partial charge in [-0.25, -0.2) is 4.98 Å². The molecule has 0 aliphatic heterocycles. The van der Waals surface area contributed by atoms with E-state index in [1.165, 1.54) is 0 Å². The van der Waals surface area contributed by atoms with Crippen LogP contribution >= 0.6 is 0 Å². The Bertz CT molecular complexity index is 615. The normalized spacial score (nSPS) is 13.2. The van der Waals surface area contributed by atoms with Crippen LogP contribution < -0.4 is 0 Å². The summed E-state index contributed by atoms with van der Waals surface area (Å²) >= 11 is 0. The zero-order valence-corrected chi connectivity index (χ0v) is 13.6. The summed E-state index contributed by atoms with van der Waals surface area (Å²) in [4.78, 5) is 51.6. The molecule has 0 aliphatic rings. The maximum atomic E-state index is 11.5. The van der Waals surface area contributed by atoms with Crippen molar-refractivity contribution in [2.45, 2.75) is 50.9 Å². The van der Waals surface area contributed by atoms with Crippen molar-refractivity contribution in [1.82, 2.24) is 9.97 Å². The van der Waals surface area contributed by atoms with Crippen molar-refractivity contribution >= 4 is 23.9 Å². The number of unbranched alkanes of at least 4 members (excludes halogenated alkanes) is 1. The molecule has 0 aromatic carbocycles. The van der Waals surface area contributed by atoms with Crippen molar-refractivity contribution in [3.8, 4) is 0 Å². The zero-order valence-electron chi connectivity index (χ0n) is 13.6. The van der Waals surface area contributed by atoms with E-state index in [1.54, 1.807) is 0 Å². The third-order valence-electron chi connectivity index (χ3n) is 3.61. The van der Waals surface area contributed by atoms with E-state index >= 15 is 0 Å². The molecule has 0 fully saturated rings. The number of aryl methyl sites for hydroxylation is 1. The molecule has 10 nitrogen and oxygen atoms in total. The highest BCUT2D eigenvalue weighted by atomic mass is 16.4. The van der Waals surface area contributed by atoms with E-state index in [2.05, 4.69) is 9.97 Å². The molecule has 1 rings (SSSR count). The molecule has 1 aromatic heterocycles. The van der Waals surface area contributed by atoms with E-state index in [-0.39, 0.29) is 11.4 Å². The molecular weight excluding hydrogens is 336 g/mol. The maximum absolute atomic E-state index is 11.5. The minimum Gasteiger partial charge on any atom is -0.481 e. The third-order valence-corrected chi connectivity index (χ3v) is 3.61. The molecule has 0 amide bonds. The van der Waals surface area contributed by atoms with Crippen molar-refractivity contribution in [1.29, 1.82) is 0 Å². The number of hydrogen-bond acceptors (Lipinski definition) is 5. The molecule has 1 heterocycles. The van der Waals surface area contributed by atoms with E-state index in [9.17, 15) is 29.4 Å². The number of H-pyrrole nitrogens is 1. The van der Waals surface area contributed by atoms with Crippen LogP contribution in [0.4, 0.5) is 0 Å². The molecule has 0 saturated carbocycles. The smallest absolute Gasteiger partial charge is 0.313 e. The highest BCUT2D eigenvalue weighted by Gasteiger charge is 2.35. The molecule has 0 saturated heterocycles. The van der Waals surface area contributed by atoms with Crippen LogP contribution in [0.1, 0.15) is 61.7 Å². The Morgan fingerprint density at radius 2 is 1.48 bits per heavy atom. The van der Waals surface area contributed by atoms with Crippen LogP contribution in [-0.2, 0) is 25.6 Å². The number of carboxylic acid groups (broad SMARTS) is 4. The lowest BCUT2D eigenvalue weighted by Gasteiger charge is -2.14. The van der Waals surface area contributed by atoms with Crippen LogP contribution in [0.25, 0.3) is 0 Å². The van der Waals surface area contributed by atoms with Gasteiger partial charge in [0.25, 0.3) is 0 Å². The quantitative estimate of drug-likeness (QED) is 0.387. The largest absolute Gasteiger partial charge is 0.481 e. The Kier molecular flexibility index (Phi) is 7.09. The van der Waals surface area contributed by atoms with Gasteiger partial charge in [0.1, 0.15) is 17.7 Å². The summed E-state index contributed by atoms with van der Waals surface area (Å²) in [5.41, 5.74) is -0.413. The van der Waals surface area contributed by atoms with Crippen LogP contribution in [0.5, 0.6) is 0 Å². The monoisotopic (exact) mass is 356 g/mol. The summed E-state index contributed by atoms with van der Waals surface area (Å²) in [7, 11) is 0. The molecule has 138 valence electrons. The van der Waals surface area contributed by atoms with Gasteiger partial charge in [0.05, 0.1) is 24.2 Å². The predicted octanol–water partition coefficient (Wildman–Crippen LogP) is 1.04. The van der Waals surface area contributed by atoms with Gasteiger partial charge in [-0.05, 0) is 6.42 Å². The number of carboxylic acids is 4. The average Bonchev–Trinajstić information content (AvgIpc) is 2.90. The first-order chi connectivity index (χ1) is 11.7. The molecule has 25 heavy (non-hydrogen) atoms. The number of aromatic nitrogens is 2. The van der Waals surface area contributed by atoms with Crippen LogP contribution in [0.3, 0.4) is 0 Å². The van der Waals surface area contributed by atoms with Gasteiger partial charge in [0.2, 0.25) is 0 Å². The van der Waals surface area contributed by atoms with Gasteiger partial charge >= 0.3 is 23.9 Å². The van der Waals surface area contributed by atoms with E-state index in [0.717, 1.165) is 6.42 Å². The second kappa shape index (κ2) is 8.81. The highest BCUT2D eigenvalue weighted by Crippen LogP contribution is 2.30. The summed E-state index contributed by atoms with van der Waals surface area (Å²) < 4.78 is 0. The number of carbonyl (C=O) groups is 4. The van der Waals surface area contributed by atoms with E-state index in [4.69, 9.17) is 10.2 Å². The Labute approximate surface area is 142 Å². The molecular formula is C15H20N2O8. The molecule has 2 unspecified atom stereocenters. The van der Waals surface area contributed by atoms with E-state index < -0.39 is 48.6 Å². The number of aromatic amines is 1. The summed E-state index contributed by atoms with van der Waals surface area (Å²) in [6.07, 6.45) is 0.333.